The van der Waals surface area contributed by atoms with E-state index in [1.165, 1.54) is 15.7 Å². The summed E-state index contributed by atoms with van der Waals surface area (Å²) in [7, 11) is 0. The molecule has 0 amide bonds. The number of pyridine rings is 1. The lowest BCUT2D eigenvalue weighted by atomic mass is 10.1. The number of aryl methyl sites for hydroxylation is 2. The quantitative estimate of drug-likeness (QED) is 0.465. The average Bonchev–Trinajstić information content (AvgIpc) is 3.01. The van der Waals surface area contributed by atoms with Gasteiger partial charge < -0.3 is 16.0 Å². The van der Waals surface area contributed by atoms with Crippen molar-refractivity contribution in [2.75, 3.05) is 5.73 Å². The first-order chi connectivity index (χ1) is 14.0. The van der Waals surface area contributed by atoms with Gasteiger partial charge in [-0.1, -0.05) is 35.9 Å². The summed E-state index contributed by atoms with van der Waals surface area (Å²) in [6, 6.07) is 12.4. The summed E-state index contributed by atoms with van der Waals surface area (Å²) in [5.74, 6) is 0.789. The molecule has 0 atom stereocenters. The van der Waals surface area contributed by atoms with E-state index in [1.54, 1.807) is 6.92 Å². The van der Waals surface area contributed by atoms with Gasteiger partial charge in [0.1, 0.15) is 11.3 Å². The standard InChI is InChI=1S/C21H23N7O/c1-13-3-5-15(6-4-13)9-23-10-16-7-8-17(24-11-16)12-28-20-18(27-21(28)29)19(22)25-14(2)26-20/h3-8,11,23H,9-10,12H2,1-2H3,(H,27,29)(H2,22,25,26). The maximum absolute atomic E-state index is 12.3. The number of rotatable bonds is 6. The molecule has 0 aliphatic carbocycles. The van der Waals surface area contributed by atoms with E-state index >= 15 is 0 Å². The molecule has 0 saturated carbocycles. The molecule has 3 heterocycles. The number of nitrogens with zero attached hydrogens (tertiary/aromatic N) is 4. The highest BCUT2D eigenvalue weighted by molar-refractivity contribution is 5.81. The van der Waals surface area contributed by atoms with Gasteiger partial charge in [0, 0.05) is 19.3 Å². The number of anilines is 1. The normalized spacial score (nSPS) is 11.2. The molecule has 0 aliphatic heterocycles. The third-order valence-corrected chi connectivity index (χ3v) is 4.75. The van der Waals surface area contributed by atoms with Crippen LogP contribution in [0.2, 0.25) is 0 Å². The number of fused-ring (bicyclic) bond motifs is 1. The number of hydrogen-bond donors (Lipinski definition) is 3. The van der Waals surface area contributed by atoms with Crippen LogP contribution < -0.4 is 16.7 Å². The van der Waals surface area contributed by atoms with Crippen LogP contribution in [0.3, 0.4) is 0 Å². The van der Waals surface area contributed by atoms with E-state index in [-0.39, 0.29) is 11.5 Å². The van der Waals surface area contributed by atoms with Crippen molar-refractivity contribution in [1.82, 2.24) is 29.8 Å². The van der Waals surface area contributed by atoms with Gasteiger partial charge in [0.2, 0.25) is 0 Å². The number of hydrogen-bond acceptors (Lipinski definition) is 6. The highest BCUT2D eigenvalue weighted by Crippen LogP contribution is 2.14. The molecule has 3 aromatic heterocycles. The SMILES string of the molecule is Cc1ccc(CNCc2ccc(Cn3c(=O)[nH]c4c(N)nc(C)nc43)nc2)cc1. The minimum absolute atomic E-state index is 0.270. The first-order valence-corrected chi connectivity index (χ1v) is 9.42. The molecule has 0 fully saturated rings. The number of benzene rings is 1. The lowest BCUT2D eigenvalue weighted by Gasteiger charge is -2.07. The zero-order chi connectivity index (χ0) is 20.4. The predicted octanol–water partition coefficient (Wildman–Crippen LogP) is 2.05. The molecule has 0 spiro atoms. The summed E-state index contributed by atoms with van der Waals surface area (Å²) >= 11 is 0. The van der Waals surface area contributed by atoms with Crippen LogP contribution in [0, 0.1) is 13.8 Å². The maximum atomic E-state index is 12.3. The largest absolute Gasteiger partial charge is 0.382 e. The molecule has 8 heteroatoms. The minimum Gasteiger partial charge on any atom is -0.382 e. The average molecular weight is 389 g/mol. The highest BCUT2D eigenvalue weighted by atomic mass is 16.1. The Hall–Kier alpha value is -3.52. The summed E-state index contributed by atoms with van der Waals surface area (Å²) in [5, 5.41) is 3.42. The zero-order valence-electron chi connectivity index (χ0n) is 16.4. The Balaban J connectivity index is 1.43. The molecule has 0 aliphatic rings. The van der Waals surface area contributed by atoms with Crippen molar-refractivity contribution in [3.8, 4) is 0 Å². The third kappa shape index (κ3) is 4.17. The van der Waals surface area contributed by atoms with E-state index in [4.69, 9.17) is 5.73 Å². The van der Waals surface area contributed by atoms with E-state index in [0.29, 0.717) is 23.5 Å². The van der Waals surface area contributed by atoms with Crippen molar-refractivity contribution in [3.05, 3.63) is 81.3 Å². The van der Waals surface area contributed by atoms with E-state index in [2.05, 4.69) is 56.4 Å². The van der Waals surface area contributed by atoms with E-state index in [0.717, 1.165) is 24.3 Å². The summed E-state index contributed by atoms with van der Waals surface area (Å²) in [6.07, 6.45) is 1.83. The second-order valence-electron chi connectivity index (χ2n) is 7.12. The van der Waals surface area contributed by atoms with Crippen LogP contribution in [-0.4, -0.2) is 24.5 Å². The molecule has 1 aromatic carbocycles. The predicted molar refractivity (Wildman–Crippen MR) is 112 cm³/mol. The van der Waals surface area contributed by atoms with Gasteiger partial charge >= 0.3 is 5.69 Å². The van der Waals surface area contributed by atoms with Gasteiger partial charge in [-0.05, 0) is 31.0 Å². The maximum Gasteiger partial charge on any atom is 0.328 e. The molecule has 4 rings (SSSR count). The van der Waals surface area contributed by atoms with Crippen molar-refractivity contribution < 1.29 is 0 Å². The summed E-state index contributed by atoms with van der Waals surface area (Å²) < 4.78 is 1.53. The van der Waals surface area contributed by atoms with Gasteiger partial charge in [0.15, 0.2) is 11.5 Å². The summed E-state index contributed by atoms with van der Waals surface area (Å²) in [4.78, 5) is 28.0. The van der Waals surface area contributed by atoms with Gasteiger partial charge in [0.05, 0.1) is 12.2 Å². The van der Waals surface area contributed by atoms with Gasteiger partial charge in [-0.15, -0.1) is 0 Å². The summed E-state index contributed by atoms with van der Waals surface area (Å²) in [5.41, 5.74) is 10.9. The van der Waals surface area contributed by atoms with Crippen LogP contribution in [-0.2, 0) is 19.6 Å². The Morgan fingerprint density at radius 3 is 2.48 bits per heavy atom. The van der Waals surface area contributed by atoms with Crippen LogP contribution in [0.4, 0.5) is 5.82 Å². The molecular formula is C21H23N7O. The van der Waals surface area contributed by atoms with Crippen molar-refractivity contribution in [2.45, 2.75) is 33.5 Å². The lowest BCUT2D eigenvalue weighted by molar-refractivity contribution is 0.688. The lowest BCUT2D eigenvalue weighted by Crippen LogP contribution is -2.18. The number of nitrogens with one attached hydrogen (secondary N) is 2. The van der Waals surface area contributed by atoms with E-state index in [1.807, 2.05) is 18.3 Å². The first kappa shape index (κ1) is 18.8. The molecule has 0 unspecified atom stereocenters. The fourth-order valence-corrected chi connectivity index (χ4v) is 3.18. The Labute approximate surface area is 167 Å². The van der Waals surface area contributed by atoms with Gasteiger partial charge in [-0.25, -0.2) is 14.8 Å². The number of aromatic amines is 1. The summed E-state index contributed by atoms with van der Waals surface area (Å²) in [6.45, 7) is 5.66. The molecule has 8 nitrogen and oxygen atoms in total. The third-order valence-electron chi connectivity index (χ3n) is 4.75. The zero-order valence-corrected chi connectivity index (χ0v) is 16.4. The van der Waals surface area contributed by atoms with Crippen molar-refractivity contribution in [3.63, 3.8) is 0 Å². The van der Waals surface area contributed by atoms with Gasteiger partial charge in [-0.3, -0.25) is 9.55 Å². The molecule has 29 heavy (non-hydrogen) atoms. The molecule has 148 valence electrons. The van der Waals surface area contributed by atoms with Crippen molar-refractivity contribution in [2.24, 2.45) is 0 Å². The first-order valence-electron chi connectivity index (χ1n) is 9.42. The fraction of sp³-hybridized carbons (Fsp3) is 0.238. The number of nitrogens with two attached hydrogens (primary N) is 1. The fourth-order valence-electron chi connectivity index (χ4n) is 3.18. The Morgan fingerprint density at radius 1 is 1.03 bits per heavy atom. The molecule has 4 N–H and O–H groups in total. The number of aromatic nitrogens is 5. The monoisotopic (exact) mass is 389 g/mol. The smallest absolute Gasteiger partial charge is 0.328 e. The highest BCUT2D eigenvalue weighted by Gasteiger charge is 2.13. The Morgan fingerprint density at radius 2 is 1.76 bits per heavy atom. The Bertz CT molecular complexity index is 1190. The van der Waals surface area contributed by atoms with Crippen LogP contribution in [0.1, 0.15) is 28.2 Å². The van der Waals surface area contributed by atoms with Gasteiger partial charge in [0.25, 0.3) is 0 Å². The second-order valence-corrected chi connectivity index (χ2v) is 7.12. The molecule has 0 bridgehead atoms. The van der Waals surface area contributed by atoms with Crippen molar-refractivity contribution in [1.29, 1.82) is 0 Å². The number of H-pyrrole nitrogens is 1. The van der Waals surface area contributed by atoms with E-state index in [9.17, 15) is 4.79 Å². The number of nitrogen functional groups attached to an aromatic ring is 1. The second kappa shape index (κ2) is 7.84. The Kier molecular flexibility index (Phi) is 5.09. The van der Waals surface area contributed by atoms with Crippen molar-refractivity contribution >= 4 is 17.0 Å². The molecule has 0 radical (unpaired) electrons. The van der Waals surface area contributed by atoms with Crippen LogP contribution in [0.15, 0.2) is 47.4 Å². The topological polar surface area (TPSA) is 115 Å². The molecule has 0 saturated heterocycles. The molecular weight excluding hydrogens is 366 g/mol. The van der Waals surface area contributed by atoms with E-state index < -0.39 is 0 Å². The minimum atomic E-state index is -0.280. The van der Waals surface area contributed by atoms with Crippen LogP contribution >= 0.6 is 0 Å². The van der Waals surface area contributed by atoms with Crippen LogP contribution in [0.25, 0.3) is 11.2 Å². The molecule has 4 aromatic rings. The number of imidazole rings is 1. The van der Waals surface area contributed by atoms with Crippen LogP contribution in [0.5, 0.6) is 0 Å². The van der Waals surface area contributed by atoms with Gasteiger partial charge in [-0.2, -0.15) is 0 Å².